The van der Waals surface area contributed by atoms with Gasteiger partial charge in [-0.3, -0.25) is 4.99 Å². The minimum absolute atomic E-state index is 0. The van der Waals surface area contributed by atoms with Crippen molar-refractivity contribution in [2.45, 2.75) is 13.3 Å². The lowest BCUT2D eigenvalue weighted by molar-refractivity contribution is 0.873. The summed E-state index contributed by atoms with van der Waals surface area (Å²) in [5.74, 6) is 0.459. The summed E-state index contributed by atoms with van der Waals surface area (Å²) in [7, 11) is 0. The summed E-state index contributed by atoms with van der Waals surface area (Å²) in [6.07, 6.45) is 0.936. The fourth-order valence-corrected chi connectivity index (χ4v) is 1.98. The Morgan fingerprint density at radius 1 is 1.05 bits per heavy atom. The molecule has 0 aliphatic heterocycles. The van der Waals surface area contributed by atoms with Crippen molar-refractivity contribution < 1.29 is 0 Å². The van der Waals surface area contributed by atoms with Crippen LogP contribution in [0.1, 0.15) is 12.0 Å². The maximum atomic E-state index is 5.87. The topological polar surface area (TPSA) is 62.4 Å². The van der Waals surface area contributed by atoms with Gasteiger partial charge in [0.15, 0.2) is 5.96 Å². The van der Waals surface area contributed by atoms with E-state index in [-0.39, 0.29) is 24.0 Å². The molecule has 2 aromatic rings. The second-order valence-corrected chi connectivity index (χ2v) is 4.91. The van der Waals surface area contributed by atoms with Crippen LogP contribution in [0.25, 0.3) is 0 Å². The number of nitrogens with one attached hydrogen (secondary N) is 2. The van der Waals surface area contributed by atoms with Gasteiger partial charge in [0.25, 0.3) is 0 Å². The first-order valence-electron chi connectivity index (χ1n) is 7.16. The minimum Gasteiger partial charge on any atom is -0.385 e. The van der Waals surface area contributed by atoms with E-state index in [1.807, 2.05) is 49.4 Å². The number of aliphatic imine (C=N–C) groups is 1. The van der Waals surface area contributed by atoms with Crippen molar-refractivity contribution in [2.24, 2.45) is 10.7 Å². The van der Waals surface area contributed by atoms with Gasteiger partial charge in [0.2, 0.25) is 0 Å². The van der Waals surface area contributed by atoms with Gasteiger partial charge in [0.05, 0.1) is 0 Å². The normalized spacial score (nSPS) is 10.7. The average molecular weight is 410 g/mol. The fourth-order valence-electron chi connectivity index (χ4n) is 1.98. The van der Waals surface area contributed by atoms with Gasteiger partial charge >= 0.3 is 0 Å². The second-order valence-electron chi connectivity index (χ2n) is 4.91. The van der Waals surface area contributed by atoms with Crippen LogP contribution in [0.3, 0.4) is 0 Å². The molecule has 0 saturated carbocycles. The lowest BCUT2D eigenvalue weighted by Crippen LogP contribution is -2.23. The molecule has 0 spiro atoms. The maximum Gasteiger partial charge on any atom is 0.193 e. The Kier molecular flexibility index (Phi) is 8.35. The summed E-state index contributed by atoms with van der Waals surface area (Å²) in [5, 5.41) is 6.44. The number of aryl methyl sites for hydroxylation is 1. The molecule has 2 rings (SSSR count). The highest BCUT2D eigenvalue weighted by atomic mass is 127. The zero-order valence-electron chi connectivity index (χ0n) is 12.8. The smallest absolute Gasteiger partial charge is 0.193 e. The third-order valence-corrected chi connectivity index (χ3v) is 3.01. The second kappa shape index (κ2) is 10.0. The molecule has 0 saturated heterocycles. The number of hydrogen-bond acceptors (Lipinski definition) is 2. The highest BCUT2D eigenvalue weighted by Gasteiger charge is 1.95. The van der Waals surface area contributed by atoms with Crippen molar-refractivity contribution in [3.8, 4) is 0 Å². The average Bonchev–Trinajstić information content (AvgIpc) is 2.48. The molecule has 5 heteroatoms. The van der Waals surface area contributed by atoms with E-state index in [0.29, 0.717) is 12.5 Å². The molecule has 0 fully saturated rings. The van der Waals surface area contributed by atoms with Gasteiger partial charge in [0, 0.05) is 24.5 Å². The van der Waals surface area contributed by atoms with E-state index >= 15 is 0 Å². The summed E-state index contributed by atoms with van der Waals surface area (Å²) in [4.78, 5) is 4.32. The predicted octanol–water partition coefficient (Wildman–Crippen LogP) is 3.84. The number of halogens is 1. The number of hydrogen-bond donors (Lipinski definition) is 3. The van der Waals surface area contributed by atoms with Gasteiger partial charge in [-0.15, -0.1) is 24.0 Å². The van der Waals surface area contributed by atoms with Crippen LogP contribution in [0, 0.1) is 6.92 Å². The fraction of sp³-hybridized carbons (Fsp3) is 0.235. The Bertz CT molecular complexity index is 584. The highest BCUT2D eigenvalue weighted by Crippen LogP contribution is 2.08. The minimum atomic E-state index is 0. The zero-order chi connectivity index (χ0) is 14.9. The summed E-state index contributed by atoms with van der Waals surface area (Å²) in [6, 6.07) is 18.2. The molecule has 0 radical (unpaired) electrons. The Labute approximate surface area is 149 Å². The first kappa shape index (κ1) is 18.3. The molecule has 0 aliphatic rings. The Morgan fingerprint density at radius 2 is 1.77 bits per heavy atom. The van der Waals surface area contributed by atoms with Crippen molar-refractivity contribution in [2.75, 3.05) is 23.7 Å². The lowest BCUT2D eigenvalue weighted by Gasteiger charge is -2.07. The first-order chi connectivity index (χ1) is 10.2. The van der Waals surface area contributed by atoms with E-state index in [9.17, 15) is 0 Å². The number of para-hydroxylation sites is 1. The molecule has 4 N–H and O–H groups in total. The summed E-state index contributed by atoms with van der Waals surface area (Å²) in [6.45, 7) is 3.63. The molecule has 118 valence electrons. The lowest BCUT2D eigenvalue weighted by atomic mass is 10.2. The first-order valence-corrected chi connectivity index (χ1v) is 7.16. The molecular weight excluding hydrogens is 387 g/mol. The number of nitrogens with zero attached hydrogens (tertiary/aromatic N) is 1. The largest absolute Gasteiger partial charge is 0.385 e. The van der Waals surface area contributed by atoms with Crippen LogP contribution >= 0.6 is 24.0 Å². The van der Waals surface area contributed by atoms with Crippen LogP contribution in [0.4, 0.5) is 11.4 Å². The van der Waals surface area contributed by atoms with E-state index in [4.69, 9.17) is 5.73 Å². The number of nitrogens with two attached hydrogens (primary N) is 1. The van der Waals surface area contributed by atoms with Crippen LogP contribution in [-0.4, -0.2) is 19.0 Å². The van der Waals surface area contributed by atoms with E-state index < -0.39 is 0 Å². The molecule has 0 aliphatic carbocycles. The molecule has 0 atom stereocenters. The van der Waals surface area contributed by atoms with Gasteiger partial charge in [-0.05, 0) is 43.2 Å². The molecule has 2 aromatic carbocycles. The zero-order valence-corrected chi connectivity index (χ0v) is 15.1. The monoisotopic (exact) mass is 410 g/mol. The molecule has 0 unspecified atom stereocenters. The molecule has 0 bridgehead atoms. The van der Waals surface area contributed by atoms with Crippen molar-refractivity contribution in [1.29, 1.82) is 0 Å². The third kappa shape index (κ3) is 6.80. The molecule has 0 heterocycles. The molecule has 4 nitrogen and oxygen atoms in total. The van der Waals surface area contributed by atoms with Crippen LogP contribution in [0.2, 0.25) is 0 Å². The third-order valence-electron chi connectivity index (χ3n) is 3.01. The highest BCUT2D eigenvalue weighted by molar-refractivity contribution is 14.0. The van der Waals surface area contributed by atoms with Crippen LogP contribution in [0.15, 0.2) is 59.6 Å². The van der Waals surface area contributed by atoms with E-state index in [1.54, 1.807) is 0 Å². The molecule has 22 heavy (non-hydrogen) atoms. The summed E-state index contributed by atoms with van der Waals surface area (Å²) in [5.41, 5.74) is 9.16. The molecular formula is C17H23IN4. The predicted molar refractivity (Wildman–Crippen MR) is 106 cm³/mol. The van der Waals surface area contributed by atoms with Gasteiger partial charge in [-0.1, -0.05) is 30.3 Å². The van der Waals surface area contributed by atoms with E-state index in [2.05, 4.69) is 27.8 Å². The van der Waals surface area contributed by atoms with Crippen molar-refractivity contribution in [3.05, 3.63) is 60.2 Å². The van der Waals surface area contributed by atoms with Crippen molar-refractivity contribution in [3.63, 3.8) is 0 Å². The summed E-state index contributed by atoms with van der Waals surface area (Å²) < 4.78 is 0. The maximum absolute atomic E-state index is 5.87. The SMILES string of the molecule is Cc1cccc(NC(N)=NCCCNc2ccccc2)c1.I. The summed E-state index contributed by atoms with van der Waals surface area (Å²) >= 11 is 0. The Hall–Kier alpha value is -1.76. The molecule has 0 amide bonds. The van der Waals surface area contributed by atoms with E-state index in [1.165, 1.54) is 5.56 Å². The molecule has 0 aromatic heterocycles. The number of benzene rings is 2. The standard InChI is InChI=1S/C17H22N4.HI/c1-14-7-5-10-16(13-14)21-17(18)20-12-6-11-19-15-8-3-2-4-9-15;/h2-5,7-10,13,19H,6,11-12H2,1H3,(H3,18,20,21);1H. The van der Waals surface area contributed by atoms with E-state index in [0.717, 1.165) is 24.3 Å². The Morgan fingerprint density at radius 3 is 2.50 bits per heavy atom. The van der Waals surface area contributed by atoms with Crippen LogP contribution in [0.5, 0.6) is 0 Å². The quantitative estimate of drug-likeness (QED) is 0.294. The number of anilines is 2. The van der Waals surface area contributed by atoms with Crippen LogP contribution in [-0.2, 0) is 0 Å². The van der Waals surface area contributed by atoms with Gasteiger partial charge < -0.3 is 16.4 Å². The number of rotatable bonds is 6. The van der Waals surface area contributed by atoms with Crippen molar-refractivity contribution >= 4 is 41.3 Å². The Balaban J connectivity index is 0.00000242. The van der Waals surface area contributed by atoms with Gasteiger partial charge in [0.1, 0.15) is 0 Å². The van der Waals surface area contributed by atoms with Crippen molar-refractivity contribution in [1.82, 2.24) is 0 Å². The van der Waals surface area contributed by atoms with Crippen LogP contribution < -0.4 is 16.4 Å². The number of guanidine groups is 1. The van der Waals surface area contributed by atoms with Gasteiger partial charge in [-0.2, -0.15) is 0 Å². The van der Waals surface area contributed by atoms with Gasteiger partial charge in [-0.25, -0.2) is 0 Å².